The van der Waals surface area contributed by atoms with Crippen LogP contribution in [-0.2, 0) is 6.42 Å². The van der Waals surface area contributed by atoms with Crippen molar-refractivity contribution >= 4 is 6.03 Å². The van der Waals surface area contributed by atoms with E-state index in [0.717, 1.165) is 24.1 Å². The predicted molar refractivity (Wildman–Crippen MR) is 92.0 cm³/mol. The number of carbonyl (C=O) groups is 1. The molecule has 0 bridgehead atoms. The SMILES string of the molecule is CC(CO)(NC(=O)NCCc1cnn(-c2ccccc2)c1)C1CC1. The molecule has 0 radical (unpaired) electrons. The molecule has 1 aromatic carbocycles. The lowest BCUT2D eigenvalue weighted by Crippen LogP contribution is -2.54. The Morgan fingerprint density at radius 3 is 2.79 bits per heavy atom. The zero-order valence-electron chi connectivity index (χ0n) is 13.9. The van der Waals surface area contributed by atoms with Crippen molar-refractivity contribution in [3.63, 3.8) is 0 Å². The van der Waals surface area contributed by atoms with E-state index in [1.165, 1.54) is 0 Å². The maximum Gasteiger partial charge on any atom is 0.315 e. The zero-order chi connectivity index (χ0) is 17.0. The minimum atomic E-state index is -0.512. The summed E-state index contributed by atoms with van der Waals surface area (Å²) in [5.74, 6) is 0.386. The van der Waals surface area contributed by atoms with Crippen LogP contribution in [0.15, 0.2) is 42.7 Å². The van der Waals surface area contributed by atoms with Crippen LogP contribution in [0.4, 0.5) is 4.79 Å². The van der Waals surface area contributed by atoms with Crippen molar-refractivity contribution in [1.82, 2.24) is 20.4 Å². The maximum absolute atomic E-state index is 12.0. The maximum atomic E-state index is 12.0. The third-order valence-electron chi connectivity index (χ3n) is 4.56. The fourth-order valence-corrected chi connectivity index (χ4v) is 2.83. The van der Waals surface area contributed by atoms with Gasteiger partial charge < -0.3 is 15.7 Å². The normalized spacial score (nSPS) is 16.4. The molecule has 6 heteroatoms. The molecule has 2 aromatic rings. The number of aromatic nitrogens is 2. The Labute approximate surface area is 141 Å². The Kier molecular flexibility index (Phi) is 4.85. The van der Waals surface area contributed by atoms with Crippen molar-refractivity contribution in [1.29, 1.82) is 0 Å². The van der Waals surface area contributed by atoms with Gasteiger partial charge >= 0.3 is 6.03 Å². The minimum absolute atomic E-state index is 0.0328. The van der Waals surface area contributed by atoms with E-state index in [2.05, 4.69) is 15.7 Å². The largest absolute Gasteiger partial charge is 0.394 e. The van der Waals surface area contributed by atoms with Crippen LogP contribution in [0.2, 0.25) is 0 Å². The van der Waals surface area contributed by atoms with Gasteiger partial charge in [-0.05, 0) is 49.8 Å². The van der Waals surface area contributed by atoms with Gasteiger partial charge in [0.1, 0.15) is 0 Å². The molecule has 3 rings (SSSR count). The van der Waals surface area contributed by atoms with Crippen LogP contribution in [0.3, 0.4) is 0 Å². The van der Waals surface area contributed by atoms with Gasteiger partial charge in [-0.3, -0.25) is 0 Å². The van der Waals surface area contributed by atoms with Gasteiger partial charge in [-0.1, -0.05) is 18.2 Å². The third-order valence-corrected chi connectivity index (χ3v) is 4.56. The number of amides is 2. The van der Waals surface area contributed by atoms with Crippen LogP contribution >= 0.6 is 0 Å². The summed E-state index contributed by atoms with van der Waals surface area (Å²) in [6.07, 6.45) is 6.62. The second-order valence-electron chi connectivity index (χ2n) is 6.61. The number of aliphatic hydroxyl groups excluding tert-OH is 1. The topological polar surface area (TPSA) is 79.2 Å². The van der Waals surface area contributed by atoms with Gasteiger partial charge in [0.25, 0.3) is 0 Å². The van der Waals surface area contributed by atoms with E-state index in [4.69, 9.17) is 0 Å². The number of nitrogens with one attached hydrogen (secondary N) is 2. The van der Waals surface area contributed by atoms with Crippen molar-refractivity contribution in [2.45, 2.75) is 31.7 Å². The van der Waals surface area contributed by atoms with E-state index >= 15 is 0 Å². The average molecular weight is 328 g/mol. The van der Waals surface area contributed by atoms with E-state index < -0.39 is 5.54 Å². The standard InChI is InChI=1S/C18H24N4O2/c1-18(13-23,15-7-8-15)21-17(24)19-10-9-14-11-20-22(12-14)16-5-3-2-4-6-16/h2-6,11-12,15,23H,7-10,13H2,1H3,(H2,19,21,24). The highest BCUT2D eigenvalue weighted by Gasteiger charge is 2.42. The average Bonchev–Trinajstić information content (AvgIpc) is 3.36. The second-order valence-corrected chi connectivity index (χ2v) is 6.61. The van der Waals surface area contributed by atoms with Crippen molar-refractivity contribution in [3.8, 4) is 5.69 Å². The quantitative estimate of drug-likeness (QED) is 0.726. The van der Waals surface area contributed by atoms with Crippen molar-refractivity contribution in [2.75, 3.05) is 13.2 Å². The summed E-state index contributed by atoms with van der Waals surface area (Å²) < 4.78 is 1.82. The lowest BCUT2D eigenvalue weighted by Gasteiger charge is -2.28. The first-order valence-corrected chi connectivity index (χ1v) is 8.36. The zero-order valence-corrected chi connectivity index (χ0v) is 13.9. The van der Waals surface area contributed by atoms with Crippen molar-refractivity contribution in [2.24, 2.45) is 5.92 Å². The highest BCUT2D eigenvalue weighted by atomic mass is 16.3. The highest BCUT2D eigenvalue weighted by Crippen LogP contribution is 2.39. The molecule has 1 atom stereocenters. The van der Waals surface area contributed by atoms with Gasteiger partial charge in [0.2, 0.25) is 0 Å². The molecular formula is C18H24N4O2. The summed E-state index contributed by atoms with van der Waals surface area (Å²) >= 11 is 0. The van der Waals surface area contributed by atoms with Gasteiger partial charge in [-0.15, -0.1) is 0 Å². The fourth-order valence-electron chi connectivity index (χ4n) is 2.83. The molecule has 6 nitrogen and oxygen atoms in total. The summed E-state index contributed by atoms with van der Waals surface area (Å²) in [5.41, 5.74) is 1.56. The summed E-state index contributed by atoms with van der Waals surface area (Å²) in [6, 6.07) is 9.68. The molecule has 0 aliphatic heterocycles. The lowest BCUT2D eigenvalue weighted by atomic mass is 9.97. The first kappa shape index (κ1) is 16.5. The lowest BCUT2D eigenvalue weighted by molar-refractivity contribution is 0.155. The molecule has 1 fully saturated rings. The van der Waals surface area contributed by atoms with Crippen LogP contribution in [0.1, 0.15) is 25.3 Å². The molecule has 3 N–H and O–H groups in total. The Morgan fingerprint density at radius 2 is 2.12 bits per heavy atom. The van der Waals surface area contributed by atoms with Gasteiger partial charge in [0, 0.05) is 12.7 Å². The number of aliphatic hydroxyl groups is 1. The first-order valence-electron chi connectivity index (χ1n) is 8.36. The smallest absolute Gasteiger partial charge is 0.315 e. The third kappa shape index (κ3) is 3.94. The van der Waals surface area contributed by atoms with E-state index in [1.807, 2.05) is 54.3 Å². The highest BCUT2D eigenvalue weighted by molar-refractivity contribution is 5.74. The van der Waals surface area contributed by atoms with Crippen LogP contribution in [0.5, 0.6) is 0 Å². The predicted octanol–water partition coefficient (Wildman–Crippen LogP) is 1.87. The van der Waals surface area contributed by atoms with E-state index in [1.54, 1.807) is 0 Å². The number of carbonyl (C=O) groups excluding carboxylic acids is 1. The molecule has 128 valence electrons. The molecule has 1 aromatic heterocycles. The summed E-state index contributed by atoms with van der Waals surface area (Å²) in [5, 5.41) is 19.6. The van der Waals surface area contributed by atoms with Crippen molar-refractivity contribution in [3.05, 3.63) is 48.3 Å². The number of rotatable bonds is 7. The molecule has 1 aliphatic carbocycles. The summed E-state index contributed by atoms with van der Waals surface area (Å²) in [6.45, 7) is 2.39. The second kappa shape index (κ2) is 7.05. The van der Waals surface area contributed by atoms with Crippen LogP contribution in [0, 0.1) is 5.92 Å². The molecule has 1 saturated carbocycles. The molecule has 1 heterocycles. The fraction of sp³-hybridized carbons (Fsp3) is 0.444. The van der Waals surface area contributed by atoms with Gasteiger partial charge in [-0.2, -0.15) is 5.10 Å². The van der Waals surface area contributed by atoms with Gasteiger partial charge in [0.05, 0.1) is 24.0 Å². The molecule has 0 spiro atoms. The Balaban J connectivity index is 1.46. The number of nitrogens with zero attached hydrogens (tertiary/aromatic N) is 2. The van der Waals surface area contributed by atoms with Crippen molar-refractivity contribution < 1.29 is 9.90 Å². The molecule has 0 saturated heterocycles. The molecule has 1 aliphatic rings. The minimum Gasteiger partial charge on any atom is -0.394 e. The van der Waals surface area contributed by atoms with Gasteiger partial charge in [-0.25, -0.2) is 9.48 Å². The van der Waals surface area contributed by atoms with E-state index in [0.29, 0.717) is 18.9 Å². The van der Waals surface area contributed by atoms with Crippen LogP contribution < -0.4 is 10.6 Å². The van der Waals surface area contributed by atoms with E-state index in [-0.39, 0.29) is 12.6 Å². The molecular weight excluding hydrogens is 304 g/mol. The number of urea groups is 1. The summed E-state index contributed by atoms with van der Waals surface area (Å²) in [7, 11) is 0. The van der Waals surface area contributed by atoms with Gasteiger partial charge in [0.15, 0.2) is 0 Å². The van der Waals surface area contributed by atoms with Crippen LogP contribution in [0.25, 0.3) is 5.69 Å². The number of para-hydroxylation sites is 1. The molecule has 1 unspecified atom stereocenters. The summed E-state index contributed by atoms with van der Waals surface area (Å²) in [4.78, 5) is 12.0. The Morgan fingerprint density at radius 1 is 1.38 bits per heavy atom. The number of hydrogen-bond acceptors (Lipinski definition) is 3. The van der Waals surface area contributed by atoms with E-state index in [9.17, 15) is 9.90 Å². The Bertz CT molecular complexity index is 681. The number of hydrogen-bond donors (Lipinski definition) is 3. The molecule has 24 heavy (non-hydrogen) atoms. The Hall–Kier alpha value is -2.34. The monoisotopic (exact) mass is 328 g/mol. The van der Waals surface area contributed by atoms with Crippen LogP contribution in [-0.4, -0.2) is 39.6 Å². The molecule has 2 amide bonds. The number of benzene rings is 1. The first-order chi connectivity index (χ1) is 11.6.